The first-order valence-corrected chi connectivity index (χ1v) is 11.3. The molecule has 1 unspecified atom stereocenters. The lowest BCUT2D eigenvalue weighted by atomic mass is 9.95. The molecule has 1 aromatic rings. The van der Waals surface area contributed by atoms with Crippen molar-refractivity contribution in [3.05, 3.63) is 24.3 Å². The maximum Gasteiger partial charge on any atom is 0.410 e. The first-order chi connectivity index (χ1) is 15.5. The summed E-state index contributed by atoms with van der Waals surface area (Å²) in [4.78, 5) is 28.7. The zero-order valence-corrected chi connectivity index (χ0v) is 19.3. The summed E-state index contributed by atoms with van der Waals surface area (Å²) in [6, 6.07) is 5.44. The Morgan fingerprint density at radius 2 is 1.73 bits per heavy atom. The maximum atomic E-state index is 12.6. The van der Waals surface area contributed by atoms with Crippen molar-refractivity contribution < 1.29 is 33.0 Å². The third kappa shape index (κ3) is 7.01. The minimum Gasteiger partial charge on any atom is -0.444 e. The van der Waals surface area contributed by atoms with Crippen LogP contribution in [0.15, 0.2) is 24.3 Å². The van der Waals surface area contributed by atoms with E-state index in [1.165, 1.54) is 24.3 Å². The average molecular weight is 470 g/mol. The number of ether oxygens (including phenoxy) is 2. The Morgan fingerprint density at radius 3 is 2.30 bits per heavy atom. The van der Waals surface area contributed by atoms with Gasteiger partial charge in [0.2, 0.25) is 5.91 Å². The molecule has 2 heterocycles. The predicted octanol–water partition coefficient (Wildman–Crippen LogP) is 3.66. The van der Waals surface area contributed by atoms with Crippen LogP contribution < -0.4 is 10.1 Å². The van der Waals surface area contributed by atoms with Gasteiger partial charge in [0, 0.05) is 31.2 Å². The molecule has 2 aliphatic rings. The number of amides is 2. The molecule has 2 amide bonds. The van der Waals surface area contributed by atoms with Crippen molar-refractivity contribution in [1.29, 1.82) is 0 Å². The molecule has 0 spiro atoms. The molecule has 0 saturated carbocycles. The number of halogens is 2. The molecule has 184 valence electrons. The Bertz CT molecular complexity index is 807. The van der Waals surface area contributed by atoms with Gasteiger partial charge in [0.05, 0.1) is 6.04 Å². The Morgan fingerprint density at radius 1 is 1.09 bits per heavy atom. The molecule has 2 aliphatic heterocycles. The fraction of sp³-hybridized carbons (Fsp3) is 0.652. The topological polar surface area (TPSA) is 91.3 Å². The number of hydrogen-bond acceptors (Lipinski definition) is 6. The van der Waals surface area contributed by atoms with E-state index < -0.39 is 24.5 Å². The minimum atomic E-state index is -2.90. The number of rotatable bonds is 6. The van der Waals surface area contributed by atoms with Gasteiger partial charge in [-0.2, -0.15) is 8.78 Å². The number of aliphatic hydroxyl groups is 1. The molecule has 0 bridgehead atoms. The highest BCUT2D eigenvalue weighted by molar-refractivity contribution is 5.92. The summed E-state index contributed by atoms with van der Waals surface area (Å²) in [7, 11) is 0. The molecule has 33 heavy (non-hydrogen) atoms. The van der Waals surface area contributed by atoms with E-state index in [2.05, 4.69) is 10.1 Å². The van der Waals surface area contributed by atoms with Gasteiger partial charge in [-0.3, -0.25) is 9.69 Å². The fourth-order valence-electron chi connectivity index (χ4n) is 4.28. The Labute approximate surface area is 192 Å². The van der Waals surface area contributed by atoms with Gasteiger partial charge in [-0.05, 0) is 70.7 Å². The Balaban J connectivity index is 1.49. The molecular formula is C23H33F2N3O5. The standard InChI is InChI=1S/C23H33F2N3O5/c1-23(2,3)33-22(31)28-12-4-5-18(28)20(30)27-13-10-15(11-14-27)19(29)26-16-6-8-17(9-7-16)32-21(24)25/h6-9,15,18,20-21,30H,4-5,10-14H2,1-3H3,(H,26,29)/t18-,20?/m1/s1. The van der Waals surface area contributed by atoms with Gasteiger partial charge in [0.25, 0.3) is 0 Å². The third-order valence-electron chi connectivity index (χ3n) is 5.89. The molecule has 2 fully saturated rings. The van der Waals surface area contributed by atoms with Crippen LogP contribution in [-0.2, 0) is 9.53 Å². The molecule has 2 saturated heterocycles. The highest BCUT2D eigenvalue weighted by Crippen LogP contribution is 2.28. The van der Waals surface area contributed by atoms with E-state index in [0.717, 1.165) is 6.42 Å². The second-order valence-electron chi connectivity index (χ2n) is 9.50. The summed E-state index contributed by atoms with van der Waals surface area (Å²) >= 11 is 0. The molecule has 0 aliphatic carbocycles. The van der Waals surface area contributed by atoms with E-state index in [4.69, 9.17) is 4.74 Å². The van der Waals surface area contributed by atoms with Crippen molar-refractivity contribution in [1.82, 2.24) is 9.80 Å². The van der Waals surface area contributed by atoms with E-state index in [-0.39, 0.29) is 23.6 Å². The van der Waals surface area contributed by atoms with Crippen molar-refractivity contribution in [3.8, 4) is 5.75 Å². The number of carbonyl (C=O) groups is 2. The first-order valence-electron chi connectivity index (χ1n) is 11.3. The number of nitrogens with one attached hydrogen (secondary N) is 1. The van der Waals surface area contributed by atoms with Gasteiger partial charge in [-0.15, -0.1) is 0 Å². The van der Waals surface area contributed by atoms with E-state index in [0.29, 0.717) is 44.6 Å². The van der Waals surface area contributed by atoms with Crippen LogP contribution in [0.2, 0.25) is 0 Å². The van der Waals surface area contributed by atoms with Crippen molar-refractivity contribution in [2.75, 3.05) is 25.0 Å². The first kappa shape index (κ1) is 25.2. The largest absolute Gasteiger partial charge is 0.444 e. The highest BCUT2D eigenvalue weighted by Gasteiger charge is 2.40. The number of aliphatic hydroxyl groups excluding tert-OH is 1. The minimum absolute atomic E-state index is 0.0256. The van der Waals surface area contributed by atoms with Crippen molar-refractivity contribution in [3.63, 3.8) is 0 Å². The molecule has 0 aromatic heterocycles. The lowest BCUT2D eigenvalue weighted by Gasteiger charge is -2.39. The smallest absolute Gasteiger partial charge is 0.410 e. The average Bonchev–Trinajstić information content (AvgIpc) is 3.23. The van der Waals surface area contributed by atoms with Crippen LogP contribution in [0.1, 0.15) is 46.5 Å². The lowest BCUT2D eigenvalue weighted by molar-refractivity contribution is -0.123. The molecule has 3 rings (SSSR count). The number of anilines is 1. The van der Waals surface area contributed by atoms with Crippen LogP contribution in [0, 0.1) is 5.92 Å². The third-order valence-corrected chi connectivity index (χ3v) is 5.89. The Hall–Kier alpha value is -2.46. The zero-order chi connectivity index (χ0) is 24.2. The monoisotopic (exact) mass is 469 g/mol. The van der Waals surface area contributed by atoms with Gasteiger partial charge >= 0.3 is 12.7 Å². The van der Waals surface area contributed by atoms with Crippen LogP contribution in [-0.4, -0.2) is 71.0 Å². The van der Waals surface area contributed by atoms with Crippen LogP contribution in [0.3, 0.4) is 0 Å². The number of benzene rings is 1. The van der Waals surface area contributed by atoms with Crippen LogP contribution in [0.25, 0.3) is 0 Å². The quantitative estimate of drug-likeness (QED) is 0.661. The normalized spacial score (nSPS) is 21.2. The zero-order valence-electron chi connectivity index (χ0n) is 19.3. The van der Waals surface area contributed by atoms with Crippen molar-refractivity contribution in [2.45, 2.75) is 70.9 Å². The summed E-state index contributed by atoms with van der Waals surface area (Å²) in [6.07, 6.45) is 1.41. The van der Waals surface area contributed by atoms with Gasteiger partial charge in [-0.1, -0.05) is 0 Å². The van der Waals surface area contributed by atoms with E-state index in [9.17, 15) is 23.5 Å². The fourth-order valence-corrected chi connectivity index (χ4v) is 4.28. The number of piperidine rings is 1. The summed E-state index contributed by atoms with van der Waals surface area (Å²) in [5.74, 6) is -0.350. The second-order valence-corrected chi connectivity index (χ2v) is 9.50. The number of nitrogens with zero attached hydrogens (tertiary/aromatic N) is 2. The summed E-state index contributed by atoms with van der Waals surface area (Å²) in [6.45, 7) is 4.15. The Kier molecular flexibility index (Phi) is 8.12. The number of hydrogen-bond donors (Lipinski definition) is 2. The van der Waals surface area contributed by atoms with Crippen LogP contribution in [0.5, 0.6) is 5.75 Å². The van der Waals surface area contributed by atoms with E-state index >= 15 is 0 Å². The maximum absolute atomic E-state index is 12.6. The van der Waals surface area contributed by atoms with Gasteiger partial charge in [0.1, 0.15) is 17.6 Å². The molecule has 0 radical (unpaired) electrons. The molecule has 10 heteroatoms. The predicted molar refractivity (Wildman–Crippen MR) is 118 cm³/mol. The molecule has 1 aromatic carbocycles. The van der Waals surface area contributed by atoms with Gasteiger partial charge < -0.3 is 24.8 Å². The SMILES string of the molecule is CC(C)(C)OC(=O)N1CCC[C@@H]1C(O)N1CCC(C(=O)Nc2ccc(OC(F)F)cc2)CC1. The van der Waals surface area contributed by atoms with Gasteiger partial charge in [-0.25, -0.2) is 4.79 Å². The number of alkyl halides is 2. The molecule has 8 nitrogen and oxygen atoms in total. The molecular weight excluding hydrogens is 436 g/mol. The summed E-state index contributed by atoms with van der Waals surface area (Å²) in [5.41, 5.74) is -0.0972. The number of likely N-dealkylation sites (tertiary alicyclic amines) is 2. The molecule has 2 N–H and O–H groups in total. The molecule has 2 atom stereocenters. The summed E-state index contributed by atoms with van der Waals surface area (Å²) in [5, 5.41) is 13.8. The second kappa shape index (κ2) is 10.6. The van der Waals surface area contributed by atoms with Crippen LogP contribution in [0.4, 0.5) is 19.3 Å². The van der Waals surface area contributed by atoms with E-state index in [1.807, 2.05) is 25.7 Å². The lowest BCUT2D eigenvalue weighted by Crippen LogP contribution is -2.54. The van der Waals surface area contributed by atoms with Crippen LogP contribution >= 0.6 is 0 Å². The number of carbonyl (C=O) groups excluding carboxylic acids is 2. The van der Waals surface area contributed by atoms with E-state index in [1.54, 1.807) is 4.90 Å². The highest BCUT2D eigenvalue weighted by atomic mass is 19.3. The summed E-state index contributed by atoms with van der Waals surface area (Å²) < 4.78 is 34.3. The van der Waals surface area contributed by atoms with Crippen molar-refractivity contribution in [2.24, 2.45) is 5.92 Å². The van der Waals surface area contributed by atoms with Gasteiger partial charge in [0.15, 0.2) is 0 Å². The van der Waals surface area contributed by atoms with Crippen molar-refractivity contribution >= 4 is 17.7 Å².